The van der Waals surface area contributed by atoms with Crippen LogP contribution in [0.5, 0.6) is 5.75 Å². The van der Waals surface area contributed by atoms with Gasteiger partial charge in [0.15, 0.2) is 17.6 Å². The van der Waals surface area contributed by atoms with Gasteiger partial charge in [-0.15, -0.1) is 0 Å². The Morgan fingerprint density at radius 3 is 2.87 bits per heavy atom. The van der Waals surface area contributed by atoms with Crippen molar-refractivity contribution in [3.63, 3.8) is 0 Å². The van der Waals surface area contributed by atoms with Crippen LogP contribution in [0.4, 0.5) is 0 Å². The first-order valence-electron chi connectivity index (χ1n) is 4.37. The van der Waals surface area contributed by atoms with Crippen molar-refractivity contribution in [2.24, 2.45) is 0 Å². The van der Waals surface area contributed by atoms with E-state index in [0.29, 0.717) is 11.3 Å². The third kappa shape index (κ3) is 1.82. The van der Waals surface area contributed by atoms with Gasteiger partial charge < -0.3 is 9.99 Å². The summed E-state index contributed by atoms with van der Waals surface area (Å²) in [5, 5.41) is 8.54. The smallest absolute Gasteiger partial charge is 0.306 e. The lowest BCUT2D eigenvalue weighted by atomic mass is 10.0. The molecule has 1 atom stereocenters. The van der Waals surface area contributed by atoms with Gasteiger partial charge in [0.25, 0.3) is 0 Å². The molecule has 0 radical (unpaired) electrons. The normalized spacial score (nSPS) is 19.2. The lowest BCUT2D eigenvalue weighted by Crippen LogP contribution is -2.32. The number of hydrogen-bond acceptors (Lipinski definition) is 4. The maximum absolute atomic E-state index is 11.7. The Bertz CT molecular complexity index is 412. The minimum absolute atomic E-state index is 0.323. The highest BCUT2D eigenvalue weighted by atomic mass is 17.2. The lowest BCUT2D eigenvalue weighted by Gasteiger charge is -2.20. The van der Waals surface area contributed by atoms with Crippen LogP contribution in [-0.2, 0) is 9.68 Å². The van der Waals surface area contributed by atoms with Crippen LogP contribution in [0.25, 0.3) is 0 Å². The van der Waals surface area contributed by atoms with Crippen LogP contribution < -0.4 is 4.89 Å². The van der Waals surface area contributed by atoms with Crippen LogP contribution in [0, 0.1) is 0 Å². The monoisotopic (exact) mass is 208 g/mol. The SMILES string of the molecule is O=C(O)CC1OOc2ccccc2C1=O. The summed E-state index contributed by atoms with van der Waals surface area (Å²) in [6.07, 6.45) is -1.45. The first-order valence-corrected chi connectivity index (χ1v) is 4.37. The predicted molar refractivity (Wildman–Crippen MR) is 48.5 cm³/mol. The number of aliphatic carboxylic acids is 1. The molecule has 0 saturated carbocycles. The van der Waals surface area contributed by atoms with Gasteiger partial charge in [0.2, 0.25) is 0 Å². The van der Waals surface area contributed by atoms with E-state index in [2.05, 4.69) is 0 Å². The van der Waals surface area contributed by atoms with Gasteiger partial charge in [-0.2, -0.15) is 4.89 Å². The van der Waals surface area contributed by atoms with Crippen LogP contribution >= 0.6 is 0 Å². The molecule has 1 aliphatic rings. The van der Waals surface area contributed by atoms with E-state index in [1.54, 1.807) is 24.3 Å². The van der Waals surface area contributed by atoms with E-state index in [0.717, 1.165) is 0 Å². The predicted octanol–water partition coefficient (Wildman–Crippen LogP) is 1.04. The highest BCUT2D eigenvalue weighted by molar-refractivity contribution is 6.03. The molecular weight excluding hydrogens is 200 g/mol. The van der Waals surface area contributed by atoms with Crippen LogP contribution in [-0.4, -0.2) is 23.0 Å². The number of para-hydroxylation sites is 1. The molecule has 0 spiro atoms. The molecule has 0 bridgehead atoms. The Balaban J connectivity index is 2.26. The van der Waals surface area contributed by atoms with Crippen molar-refractivity contribution in [2.75, 3.05) is 0 Å². The number of rotatable bonds is 2. The minimum Gasteiger partial charge on any atom is -0.481 e. The second kappa shape index (κ2) is 3.70. The van der Waals surface area contributed by atoms with E-state index < -0.39 is 18.5 Å². The fraction of sp³-hybridized carbons (Fsp3) is 0.200. The van der Waals surface area contributed by atoms with Crippen molar-refractivity contribution < 1.29 is 24.5 Å². The zero-order chi connectivity index (χ0) is 10.8. The number of fused-ring (bicyclic) bond motifs is 1. The zero-order valence-electron chi connectivity index (χ0n) is 7.67. The molecule has 0 aromatic heterocycles. The third-order valence-corrected chi connectivity index (χ3v) is 2.06. The number of benzene rings is 1. The van der Waals surface area contributed by atoms with Crippen molar-refractivity contribution in [2.45, 2.75) is 12.5 Å². The van der Waals surface area contributed by atoms with Gasteiger partial charge in [0.05, 0.1) is 12.0 Å². The number of carbonyl (C=O) groups is 2. The second-order valence-electron chi connectivity index (χ2n) is 3.13. The molecule has 0 amide bonds. The molecule has 1 aromatic carbocycles. The fourth-order valence-corrected chi connectivity index (χ4v) is 1.36. The number of Topliss-reactive ketones (excluding diaryl/α,β-unsaturated/α-hetero) is 1. The van der Waals surface area contributed by atoms with Crippen molar-refractivity contribution in [1.29, 1.82) is 0 Å². The lowest BCUT2D eigenvalue weighted by molar-refractivity contribution is -0.237. The molecule has 5 nitrogen and oxygen atoms in total. The molecule has 1 heterocycles. The Morgan fingerprint density at radius 1 is 1.40 bits per heavy atom. The van der Waals surface area contributed by atoms with Gasteiger partial charge in [0.1, 0.15) is 0 Å². The number of hydrogen-bond donors (Lipinski definition) is 1. The molecular formula is C10H8O5. The summed E-state index contributed by atoms with van der Waals surface area (Å²) in [6, 6.07) is 6.55. The molecule has 5 heteroatoms. The van der Waals surface area contributed by atoms with Crippen LogP contribution in [0.1, 0.15) is 16.8 Å². The molecule has 78 valence electrons. The van der Waals surface area contributed by atoms with E-state index in [4.69, 9.17) is 14.9 Å². The van der Waals surface area contributed by atoms with E-state index in [1.165, 1.54) is 0 Å². The van der Waals surface area contributed by atoms with Gasteiger partial charge in [-0.3, -0.25) is 9.59 Å². The van der Waals surface area contributed by atoms with Crippen LogP contribution in [0.2, 0.25) is 0 Å². The topological polar surface area (TPSA) is 72.8 Å². The van der Waals surface area contributed by atoms with Gasteiger partial charge in [-0.25, -0.2) is 0 Å². The molecule has 0 fully saturated rings. The molecule has 15 heavy (non-hydrogen) atoms. The number of ketones is 1. The molecule has 1 aromatic rings. The van der Waals surface area contributed by atoms with E-state index in [9.17, 15) is 9.59 Å². The molecule has 0 aliphatic carbocycles. The highest BCUT2D eigenvalue weighted by Crippen LogP contribution is 2.26. The van der Waals surface area contributed by atoms with Gasteiger partial charge in [-0.05, 0) is 12.1 Å². The molecule has 1 N–H and O–H groups in total. The number of carbonyl (C=O) groups excluding carboxylic acids is 1. The van der Waals surface area contributed by atoms with Gasteiger partial charge in [0, 0.05) is 0 Å². The maximum atomic E-state index is 11.7. The first-order chi connectivity index (χ1) is 7.18. The van der Waals surface area contributed by atoms with E-state index in [-0.39, 0.29) is 5.78 Å². The Kier molecular flexibility index (Phi) is 2.39. The first kappa shape index (κ1) is 9.67. The molecule has 0 saturated heterocycles. The van der Waals surface area contributed by atoms with Crippen LogP contribution in [0.15, 0.2) is 24.3 Å². The maximum Gasteiger partial charge on any atom is 0.306 e. The van der Waals surface area contributed by atoms with Gasteiger partial charge >= 0.3 is 5.97 Å². The molecule has 2 rings (SSSR count). The third-order valence-electron chi connectivity index (χ3n) is 2.06. The summed E-state index contributed by atoms with van der Waals surface area (Å²) in [4.78, 5) is 31.6. The largest absolute Gasteiger partial charge is 0.481 e. The fourth-order valence-electron chi connectivity index (χ4n) is 1.36. The number of carboxylic acid groups (broad SMARTS) is 1. The van der Waals surface area contributed by atoms with E-state index >= 15 is 0 Å². The summed E-state index contributed by atoms with van der Waals surface area (Å²) >= 11 is 0. The second-order valence-corrected chi connectivity index (χ2v) is 3.13. The Morgan fingerprint density at radius 2 is 2.13 bits per heavy atom. The quantitative estimate of drug-likeness (QED) is 0.735. The minimum atomic E-state index is -1.10. The van der Waals surface area contributed by atoms with Crippen molar-refractivity contribution in [3.05, 3.63) is 29.8 Å². The molecule has 1 unspecified atom stereocenters. The summed E-state index contributed by atoms with van der Waals surface area (Å²) in [5.74, 6) is -1.14. The molecule has 1 aliphatic heterocycles. The summed E-state index contributed by atoms with van der Waals surface area (Å²) in [5.41, 5.74) is 0.356. The van der Waals surface area contributed by atoms with E-state index in [1.807, 2.05) is 0 Å². The van der Waals surface area contributed by atoms with Crippen molar-refractivity contribution >= 4 is 11.8 Å². The van der Waals surface area contributed by atoms with Crippen molar-refractivity contribution in [3.8, 4) is 5.75 Å². The van der Waals surface area contributed by atoms with Gasteiger partial charge in [-0.1, -0.05) is 12.1 Å². The average Bonchev–Trinajstić information content (AvgIpc) is 2.22. The average molecular weight is 208 g/mol. The Labute approximate surface area is 85.2 Å². The summed E-state index contributed by atoms with van der Waals surface area (Å²) in [7, 11) is 0. The highest BCUT2D eigenvalue weighted by Gasteiger charge is 2.32. The summed E-state index contributed by atoms with van der Waals surface area (Å²) < 4.78 is 0. The standard InChI is InChI=1S/C10H8O5/c11-9(12)5-8-10(13)6-3-1-2-4-7(6)14-15-8/h1-4,8H,5H2,(H,11,12). The summed E-state index contributed by atoms with van der Waals surface area (Å²) in [6.45, 7) is 0. The van der Waals surface area contributed by atoms with Crippen molar-refractivity contribution in [1.82, 2.24) is 0 Å². The van der Waals surface area contributed by atoms with Crippen LogP contribution in [0.3, 0.4) is 0 Å². The Hall–Kier alpha value is -1.88. The number of carboxylic acids is 1. The zero-order valence-corrected chi connectivity index (χ0v) is 7.67.